The van der Waals surface area contributed by atoms with Gasteiger partial charge in [0, 0.05) is 23.1 Å². The van der Waals surface area contributed by atoms with E-state index in [2.05, 4.69) is 9.71 Å². The molecule has 148 valence electrons. The molecular formula is C23H21ClN2O2S. The summed E-state index contributed by atoms with van der Waals surface area (Å²) >= 11 is 6.23. The van der Waals surface area contributed by atoms with E-state index in [1.54, 1.807) is 12.1 Å². The average molecular weight is 425 g/mol. The maximum absolute atomic E-state index is 12.8. The number of H-pyrrole nitrogens is 1. The number of aromatic nitrogens is 1. The molecule has 0 aliphatic carbocycles. The molecule has 3 aromatic carbocycles. The van der Waals surface area contributed by atoms with Crippen LogP contribution in [0, 0.1) is 0 Å². The Bertz CT molecular complexity index is 1200. The molecule has 1 heterocycles. The van der Waals surface area contributed by atoms with Crippen LogP contribution in [0.5, 0.6) is 0 Å². The molecule has 0 saturated heterocycles. The van der Waals surface area contributed by atoms with E-state index in [4.69, 9.17) is 11.6 Å². The molecule has 0 spiro atoms. The maximum atomic E-state index is 12.8. The van der Waals surface area contributed by atoms with Gasteiger partial charge in [-0.25, -0.2) is 13.1 Å². The Morgan fingerprint density at radius 1 is 0.897 bits per heavy atom. The molecule has 4 nitrogen and oxygen atoms in total. The lowest BCUT2D eigenvalue weighted by atomic mass is 10.1. The lowest BCUT2D eigenvalue weighted by Crippen LogP contribution is -2.25. The Morgan fingerprint density at radius 3 is 2.45 bits per heavy atom. The van der Waals surface area contributed by atoms with Crippen LogP contribution in [-0.2, 0) is 16.4 Å². The summed E-state index contributed by atoms with van der Waals surface area (Å²) in [6, 6.07) is 25.0. The van der Waals surface area contributed by atoms with E-state index >= 15 is 0 Å². The minimum Gasteiger partial charge on any atom is -0.355 e. The van der Waals surface area contributed by atoms with E-state index in [0.29, 0.717) is 13.0 Å². The number of aryl methyl sites for hydroxylation is 1. The largest absolute Gasteiger partial charge is 0.355 e. The highest BCUT2D eigenvalue weighted by Crippen LogP contribution is 2.29. The maximum Gasteiger partial charge on any atom is 0.242 e. The van der Waals surface area contributed by atoms with Crippen molar-refractivity contribution >= 4 is 32.5 Å². The van der Waals surface area contributed by atoms with E-state index in [9.17, 15) is 8.42 Å². The second-order valence-corrected chi connectivity index (χ2v) is 9.04. The molecule has 0 bridgehead atoms. The molecule has 0 fully saturated rings. The summed E-state index contributed by atoms with van der Waals surface area (Å²) in [6.07, 6.45) is 1.52. The summed E-state index contributed by atoms with van der Waals surface area (Å²) in [4.78, 5) is 3.41. The fraction of sp³-hybridized carbons (Fsp3) is 0.130. The zero-order valence-corrected chi connectivity index (χ0v) is 17.3. The van der Waals surface area contributed by atoms with Crippen molar-refractivity contribution in [3.8, 4) is 11.3 Å². The van der Waals surface area contributed by atoms with Crippen LogP contribution in [0.1, 0.15) is 12.0 Å². The Balaban J connectivity index is 1.51. The van der Waals surface area contributed by atoms with Crippen molar-refractivity contribution in [3.05, 3.63) is 89.4 Å². The summed E-state index contributed by atoms with van der Waals surface area (Å²) in [5, 5.41) is 1.28. The number of aromatic amines is 1. The van der Waals surface area contributed by atoms with Crippen molar-refractivity contribution in [2.24, 2.45) is 0 Å². The van der Waals surface area contributed by atoms with Crippen molar-refractivity contribution in [2.45, 2.75) is 17.7 Å². The van der Waals surface area contributed by atoms with E-state index in [-0.39, 0.29) is 9.92 Å². The smallest absolute Gasteiger partial charge is 0.242 e. The van der Waals surface area contributed by atoms with Gasteiger partial charge in [-0.1, -0.05) is 66.2 Å². The summed E-state index contributed by atoms with van der Waals surface area (Å²) in [5.74, 6) is 0. The molecule has 0 saturated carbocycles. The number of fused-ring (bicyclic) bond motifs is 1. The fourth-order valence-corrected chi connectivity index (χ4v) is 4.92. The Labute approximate surface area is 175 Å². The van der Waals surface area contributed by atoms with Crippen LogP contribution in [0.4, 0.5) is 0 Å². The molecule has 0 radical (unpaired) electrons. The van der Waals surface area contributed by atoms with Crippen LogP contribution < -0.4 is 4.72 Å². The van der Waals surface area contributed by atoms with Crippen molar-refractivity contribution in [2.75, 3.05) is 6.54 Å². The molecule has 4 aromatic rings. The highest BCUT2D eigenvalue weighted by Gasteiger charge is 2.19. The average Bonchev–Trinajstić information content (AvgIpc) is 3.16. The third-order valence-corrected chi connectivity index (χ3v) is 6.78. The number of nitrogens with one attached hydrogen (secondary N) is 2. The van der Waals surface area contributed by atoms with Gasteiger partial charge in [0.1, 0.15) is 4.90 Å². The van der Waals surface area contributed by atoms with Gasteiger partial charge in [0.25, 0.3) is 0 Å². The van der Waals surface area contributed by atoms with Gasteiger partial charge in [-0.2, -0.15) is 0 Å². The van der Waals surface area contributed by atoms with Crippen molar-refractivity contribution in [3.63, 3.8) is 0 Å². The number of rotatable bonds is 7. The molecule has 1 aromatic heterocycles. The van der Waals surface area contributed by atoms with Crippen LogP contribution in [-0.4, -0.2) is 19.9 Å². The number of halogens is 1. The second-order valence-electron chi connectivity index (χ2n) is 6.90. The minimum absolute atomic E-state index is 0.0926. The van der Waals surface area contributed by atoms with Crippen LogP contribution in [0.15, 0.2) is 83.8 Å². The quantitative estimate of drug-likeness (QED) is 0.390. The normalized spacial score (nSPS) is 11.8. The first kappa shape index (κ1) is 19.7. The van der Waals surface area contributed by atoms with E-state index < -0.39 is 10.0 Å². The molecule has 2 N–H and O–H groups in total. The highest BCUT2D eigenvalue weighted by molar-refractivity contribution is 7.89. The molecule has 0 amide bonds. The SMILES string of the molecule is O=S(=O)(NCCCc1ccccc1)c1cc(-c2cc3ccccc3[nH]2)ccc1Cl. The van der Waals surface area contributed by atoms with Crippen molar-refractivity contribution < 1.29 is 8.42 Å². The number of sulfonamides is 1. The predicted molar refractivity (Wildman–Crippen MR) is 119 cm³/mol. The predicted octanol–water partition coefficient (Wildman–Crippen LogP) is 5.40. The summed E-state index contributed by atoms with van der Waals surface area (Å²) in [5.41, 5.74) is 3.81. The third-order valence-electron chi connectivity index (χ3n) is 4.84. The van der Waals surface area contributed by atoms with Crippen LogP contribution in [0.2, 0.25) is 5.02 Å². The lowest BCUT2D eigenvalue weighted by molar-refractivity contribution is 0.579. The minimum atomic E-state index is -3.70. The Morgan fingerprint density at radius 2 is 1.66 bits per heavy atom. The van der Waals surface area contributed by atoms with Crippen LogP contribution in [0.25, 0.3) is 22.2 Å². The molecule has 0 aliphatic heterocycles. The summed E-state index contributed by atoms with van der Waals surface area (Å²) < 4.78 is 28.3. The van der Waals surface area contributed by atoms with Crippen molar-refractivity contribution in [1.82, 2.24) is 9.71 Å². The first-order valence-electron chi connectivity index (χ1n) is 9.44. The number of para-hydroxylation sites is 1. The molecular weight excluding hydrogens is 404 g/mol. The second kappa shape index (κ2) is 8.41. The van der Waals surface area contributed by atoms with Gasteiger partial charge in [0.15, 0.2) is 0 Å². The molecule has 29 heavy (non-hydrogen) atoms. The van der Waals surface area contributed by atoms with Gasteiger partial charge < -0.3 is 4.98 Å². The number of hydrogen-bond acceptors (Lipinski definition) is 2. The highest BCUT2D eigenvalue weighted by atomic mass is 35.5. The van der Waals surface area contributed by atoms with Crippen LogP contribution >= 0.6 is 11.6 Å². The molecule has 4 rings (SSSR count). The Hall–Kier alpha value is -2.60. The molecule has 0 atom stereocenters. The first-order valence-corrected chi connectivity index (χ1v) is 11.3. The third kappa shape index (κ3) is 4.53. The molecule has 6 heteroatoms. The van der Waals surface area contributed by atoms with Gasteiger partial charge >= 0.3 is 0 Å². The zero-order valence-electron chi connectivity index (χ0n) is 15.7. The summed E-state index contributed by atoms with van der Waals surface area (Å²) in [6.45, 7) is 0.351. The van der Waals surface area contributed by atoms with E-state index in [1.807, 2.05) is 66.7 Å². The van der Waals surface area contributed by atoms with Gasteiger partial charge in [-0.15, -0.1) is 0 Å². The fourth-order valence-electron chi connectivity index (χ4n) is 3.33. The van der Waals surface area contributed by atoms with E-state index in [0.717, 1.165) is 28.6 Å². The number of benzene rings is 3. The van der Waals surface area contributed by atoms with Crippen molar-refractivity contribution in [1.29, 1.82) is 0 Å². The van der Waals surface area contributed by atoms with Gasteiger partial charge in [0.2, 0.25) is 10.0 Å². The van der Waals surface area contributed by atoms with Gasteiger partial charge in [-0.3, -0.25) is 0 Å². The summed E-state index contributed by atoms with van der Waals surface area (Å²) in [7, 11) is -3.70. The number of hydrogen-bond donors (Lipinski definition) is 2. The van der Waals surface area contributed by atoms with Gasteiger partial charge in [-0.05, 0) is 48.2 Å². The van der Waals surface area contributed by atoms with Crippen LogP contribution in [0.3, 0.4) is 0 Å². The monoisotopic (exact) mass is 424 g/mol. The lowest BCUT2D eigenvalue weighted by Gasteiger charge is -2.10. The zero-order chi connectivity index (χ0) is 20.3. The topological polar surface area (TPSA) is 62.0 Å². The first-order chi connectivity index (χ1) is 14.0. The molecule has 0 unspecified atom stereocenters. The Kier molecular flexibility index (Phi) is 5.72. The standard InChI is InChI=1S/C23H21ClN2O2S/c24-20-13-12-19(22-15-18-10-4-5-11-21(18)26-22)16-23(20)29(27,28)25-14-6-9-17-7-2-1-3-8-17/h1-5,7-8,10-13,15-16,25-26H,6,9,14H2. The van der Waals surface area contributed by atoms with Gasteiger partial charge in [0.05, 0.1) is 5.02 Å². The van der Waals surface area contributed by atoms with E-state index in [1.165, 1.54) is 5.56 Å². The molecule has 0 aliphatic rings.